The predicted octanol–water partition coefficient (Wildman–Crippen LogP) is 1.84. The van der Waals surface area contributed by atoms with Crippen LogP contribution in [0.2, 0.25) is 5.15 Å². The maximum Gasteiger partial charge on any atom is 0.255 e. The molecule has 0 radical (unpaired) electrons. The lowest BCUT2D eigenvalue weighted by Gasteiger charge is -2.24. The smallest absolute Gasteiger partial charge is 0.255 e. The number of amides is 1. The highest BCUT2D eigenvalue weighted by atomic mass is 35.5. The van der Waals surface area contributed by atoms with Crippen LogP contribution in [0.15, 0.2) is 18.3 Å². The quantitative estimate of drug-likeness (QED) is 0.757. The largest absolute Gasteiger partial charge is 0.383 e. The number of likely N-dealkylation sites (N-methyl/N-ethyl adjacent to an activating group) is 1. The van der Waals surface area contributed by atoms with E-state index >= 15 is 0 Å². The summed E-state index contributed by atoms with van der Waals surface area (Å²) >= 11 is 5.65. The molecule has 1 aromatic heterocycles. The Morgan fingerprint density at radius 3 is 2.81 bits per heavy atom. The number of hydrogen-bond acceptors (Lipinski definition) is 3. The fraction of sp³-hybridized carbons (Fsp3) is 0.455. The van der Waals surface area contributed by atoms with Crippen molar-refractivity contribution in [3.8, 4) is 0 Å². The normalized spacial score (nSPS) is 12.2. The van der Waals surface area contributed by atoms with Crippen molar-refractivity contribution in [1.82, 2.24) is 9.88 Å². The van der Waals surface area contributed by atoms with Gasteiger partial charge in [-0.2, -0.15) is 0 Å². The summed E-state index contributed by atoms with van der Waals surface area (Å²) in [5, 5.41) is 0.379. The van der Waals surface area contributed by atoms with E-state index < -0.39 is 0 Å². The highest BCUT2D eigenvalue weighted by Crippen LogP contribution is 2.09. The van der Waals surface area contributed by atoms with Gasteiger partial charge in [-0.15, -0.1) is 0 Å². The van der Waals surface area contributed by atoms with Gasteiger partial charge in [-0.05, 0) is 19.1 Å². The molecule has 5 heteroatoms. The molecule has 88 valence electrons. The SMILES string of the molecule is COCC(C)N(C)C(=O)c1ccc(Cl)nc1. The summed E-state index contributed by atoms with van der Waals surface area (Å²) in [6.07, 6.45) is 1.47. The molecule has 1 rings (SSSR count). The van der Waals surface area contributed by atoms with Crippen LogP contribution in [0.3, 0.4) is 0 Å². The summed E-state index contributed by atoms with van der Waals surface area (Å²) in [7, 11) is 3.35. The highest BCUT2D eigenvalue weighted by Gasteiger charge is 2.17. The molecule has 0 saturated carbocycles. The first-order valence-electron chi connectivity index (χ1n) is 4.94. The minimum atomic E-state index is -0.0892. The number of aromatic nitrogens is 1. The Kier molecular flexibility index (Phi) is 4.71. The minimum Gasteiger partial charge on any atom is -0.383 e. The monoisotopic (exact) mass is 242 g/mol. The Hall–Kier alpha value is -1.13. The van der Waals surface area contributed by atoms with Crippen LogP contribution in [0.1, 0.15) is 17.3 Å². The molecule has 0 aromatic carbocycles. The van der Waals surface area contributed by atoms with Crippen molar-refractivity contribution < 1.29 is 9.53 Å². The summed E-state index contributed by atoms with van der Waals surface area (Å²) in [5.41, 5.74) is 0.523. The van der Waals surface area contributed by atoms with E-state index in [2.05, 4.69) is 4.98 Å². The zero-order chi connectivity index (χ0) is 12.1. The number of ether oxygens (including phenoxy) is 1. The third-order valence-electron chi connectivity index (χ3n) is 2.36. The number of nitrogens with zero attached hydrogens (tertiary/aromatic N) is 2. The second-order valence-electron chi connectivity index (χ2n) is 3.59. The van der Waals surface area contributed by atoms with Gasteiger partial charge in [0.05, 0.1) is 18.2 Å². The van der Waals surface area contributed by atoms with Crippen molar-refractivity contribution in [2.45, 2.75) is 13.0 Å². The van der Waals surface area contributed by atoms with E-state index in [1.807, 2.05) is 6.92 Å². The van der Waals surface area contributed by atoms with Crippen LogP contribution < -0.4 is 0 Å². The number of pyridine rings is 1. The molecule has 1 aromatic rings. The Morgan fingerprint density at radius 2 is 2.31 bits per heavy atom. The van der Waals surface area contributed by atoms with Crippen LogP contribution >= 0.6 is 11.6 Å². The molecular formula is C11H15ClN2O2. The van der Waals surface area contributed by atoms with E-state index in [0.29, 0.717) is 17.3 Å². The summed E-state index contributed by atoms with van der Waals surface area (Å²) in [5.74, 6) is -0.0892. The molecule has 1 unspecified atom stereocenters. The van der Waals surface area contributed by atoms with E-state index in [1.165, 1.54) is 6.20 Å². The number of methoxy groups -OCH3 is 1. The third kappa shape index (κ3) is 3.18. The van der Waals surface area contributed by atoms with Gasteiger partial charge in [0.1, 0.15) is 5.15 Å². The summed E-state index contributed by atoms with van der Waals surface area (Å²) in [6.45, 7) is 2.42. The van der Waals surface area contributed by atoms with Crippen molar-refractivity contribution in [1.29, 1.82) is 0 Å². The first-order chi connectivity index (χ1) is 7.56. The van der Waals surface area contributed by atoms with Crippen molar-refractivity contribution >= 4 is 17.5 Å². The molecule has 0 aliphatic rings. The molecule has 16 heavy (non-hydrogen) atoms. The zero-order valence-electron chi connectivity index (χ0n) is 9.61. The lowest BCUT2D eigenvalue weighted by molar-refractivity contribution is 0.0633. The van der Waals surface area contributed by atoms with Gasteiger partial charge < -0.3 is 9.64 Å². The molecule has 0 aliphatic heterocycles. The van der Waals surface area contributed by atoms with Crippen molar-refractivity contribution in [2.24, 2.45) is 0 Å². The maximum atomic E-state index is 12.0. The highest BCUT2D eigenvalue weighted by molar-refractivity contribution is 6.29. The molecule has 1 heterocycles. The van der Waals surface area contributed by atoms with Crippen molar-refractivity contribution in [3.05, 3.63) is 29.0 Å². The van der Waals surface area contributed by atoms with Crippen LogP contribution in [0.25, 0.3) is 0 Å². The van der Waals surface area contributed by atoms with E-state index in [1.54, 1.807) is 31.2 Å². The van der Waals surface area contributed by atoms with Crippen molar-refractivity contribution in [2.75, 3.05) is 20.8 Å². The minimum absolute atomic E-state index is 0.0215. The average molecular weight is 243 g/mol. The predicted molar refractivity (Wildman–Crippen MR) is 62.7 cm³/mol. The van der Waals surface area contributed by atoms with E-state index in [-0.39, 0.29) is 11.9 Å². The second-order valence-corrected chi connectivity index (χ2v) is 3.98. The first kappa shape index (κ1) is 12.9. The van der Waals surface area contributed by atoms with E-state index in [9.17, 15) is 4.79 Å². The van der Waals surface area contributed by atoms with Crippen molar-refractivity contribution in [3.63, 3.8) is 0 Å². The molecule has 0 aliphatic carbocycles. The molecule has 0 fully saturated rings. The number of carbonyl (C=O) groups is 1. The van der Waals surface area contributed by atoms with Crippen LogP contribution in [0.5, 0.6) is 0 Å². The molecule has 0 bridgehead atoms. The molecular weight excluding hydrogens is 228 g/mol. The first-order valence-corrected chi connectivity index (χ1v) is 5.31. The van der Waals surface area contributed by atoms with Gasteiger partial charge in [-0.1, -0.05) is 11.6 Å². The summed E-state index contributed by atoms with van der Waals surface area (Å²) in [4.78, 5) is 17.5. The molecule has 0 spiro atoms. The van der Waals surface area contributed by atoms with Gasteiger partial charge in [0.15, 0.2) is 0 Å². The molecule has 0 N–H and O–H groups in total. The number of rotatable bonds is 4. The Balaban J connectivity index is 2.73. The molecule has 1 amide bonds. The molecule has 0 saturated heterocycles. The van der Waals surface area contributed by atoms with Gasteiger partial charge in [-0.25, -0.2) is 4.98 Å². The van der Waals surface area contributed by atoms with Crippen LogP contribution in [0, 0.1) is 0 Å². The topological polar surface area (TPSA) is 42.4 Å². The Labute approximate surface area is 100 Å². The fourth-order valence-corrected chi connectivity index (χ4v) is 1.37. The van der Waals surface area contributed by atoms with Crippen LogP contribution in [-0.4, -0.2) is 42.6 Å². The van der Waals surface area contributed by atoms with E-state index in [4.69, 9.17) is 16.3 Å². The van der Waals surface area contributed by atoms with Gasteiger partial charge >= 0.3 is 0 Å². The second kappa shape index (κ2) is 5.82. The van der Waals surface area contributed by atoms with Gasteiger partial charge in [0.2, 0.25) is 0 Å². The summed E-state index contributed by atoms with van der Waals surface area (Å²) in [6, 6.07) is 3.28. The molecule has 1 atom stereocenters. The lowest BCUT2D eigenvalue weighted by Crippen LogP contribution is -2.37. The van der Waals surface area contributed by atoms with E-state index in [0.717, 1.165) is 0 Å². The zero-order valence-corrected chi connectivity index (χ0v) is 10.4. The number of hydrogen-bond donors (Lipinski definition) is 0. The molecule has 4 nitrogen and oxygen atoms in total. The van der Waals surface area contributed by atoms with Gasteiger partial charge in [0.25, 0.3) is 5.91 Å². The van der Waals surface area contributed by atoms with Gasteiger partial charge in [-0.3, -0.25) is 4.79 Å². The van der Waals surface area contributed by atoms with Gasteiger partial charge in [0, 0.05) is 20.4 Å². The maximum absolute atomic E-state index is 12.0. The summed E-state index contributed by atoms with van der Waals surface area (Å²) < 4.78 is 5.00. The Morgan fingerprint density at radius 1 is 1.62 bits per heavy atom. The number of carbonyl (C=O) groups excluding carboxylic acids is 1. The third-order valence-corrected chi connectivity index (χ3v) is 2.59. The fourth-order valence-electron chi connectivity index (χ4n) is 1.26. The number of halogens is 1. The van der Waals surface area contributed by atoms with Crippen LogP contribution in [-0.2, 0) is 4.74 Å². The van der Waals surface area contributed by atoms with Crippen LogP contribution in [0.4, 0.5) is 0 Å². The average Bonchev–Trinajstić information content (AvgIpc) is 2.28. The lowest BCUT2D eigenvalue weighted by atomic mass is 10.2. The standard InChI is InChI=1S/C11H15ClN2O2/c1-8(7-16-3)14(2)11(15)9-4-5-10(12)13-6-9/h4-6,8H,7H2,1-3H3. The Bertz CT molecular complexity index is 354.